The quantitative estimate of drug-likeness (QED) is 0.0238. The van der Waals surface area contributed by atoms with Gasteiger partial charge in [-0.3, -0.25) is 24.0 Å². The number of rotatable bonds is 25. The lowest BCUT2D eigenvalue weighted by Crippen LogP contribution is -2.68. The van der Waals surface area contributed by atoms with Crippen molar-refractivity contribution in [1.82, 2.24) is 108 Å². The van der Waals surface area contributed by atoms with Gasteiger partial charge in [0.05, 0.1) is 24.8 Å². The lowest BCUT2D eigenvalue weighted by atomic mass is 9.44. The highest BCUT2D eigenvalue weighted by Gasteiger charge is 2.64. The van der Waals surface area contributed by atoms with Crippen LogP contribution in [0.4, 0.5) is 4.39 Å². The van der Waals surface area contributed by atoms with Crippen molar-refractivity contribution in [3.63, 3.8) is 0 Å². The van der Waals surface area contributed by atoms with E-state index in [2.05, 4.69) is 103 Å². The normalized spacial score (nSPS) is 22.3. The third-order valence-electron chi connectivity index (χ3n) is 24.5. The maximum atomic E-state index is 14.7. The van der Waals surface area contributed by atoms with Crippen molar-refractivity contribution >= 4 is 29.5 Å². The van der Waals surface area contributed by atoms with Crippen LogP contribution >= 0.6 is 0 Å². The fraction of sp³-hybridized carbons (Fsp3) is 0.355. The summed E-state index contributed by atoms with van der Waals surface area (Å²) in [6.45, 7) is 10.2. The minimum absolute atomic E-state index is 0.00325. The molecule has 10 heterocycles. The molecule has 22 rings (SSSR count). The van der Waals surface area contributed by atoms with E-state index in [4.69, 9.17) is 45.4 Å². The lowest BCUT2D eigenvalue weighted by Gasteiger charge is -2.62. The molecular weight excluding hydrogens is 1730 g/mol. The molecule has 7 fully saturated rings. The van der Waals surface area contributed by atoms with Crippen LogP contribution in [0.25, 0.3) is 56.6 Å². The number of benzene rings is 5. The molecule has 7 saturated carbocycles. The Bertz CT molecular complexity index is 6480. The number of carbonyl (C=O) groups is 5. The molecule has 0 radical (unpaired) electrons. The molecule has 0 saturated heterocycles. The number of amides is 5. The van der Waals surface area contributed by atoms with Gasteiger partial charge in [0, 0.05) is 113 Å². The molecule has 5 amide bonds. The highest BCUT2D eigenvalue weighted by Crippen LogP contribution is 2.63. The Morgan fingerprint density at radius 2 is 0.799 bits per heavy atom. The van der Waals surface area contributed by atoms with E-state index >= 15 is 0 Å². The zero-order chi connectivity index (χ0) is 93.5. The molecule has 0 aliphatic heterocycles. The third kappa shape index (κ3) is 20.6. The van der Waals surface area contributed by atoms with Gasteiger partial charge in [0.2, 0.25) is 47.1 Å². The second kappa shape index (κ2) is 39.5. The van der Waals surface area contributed by atoms with E-state index < -0.39 is 36.1 Å². The zero-order valence-corrected chi connectivity index (χ0v) is 73.1. The van der Waals surface area contributed by atoms with Crippen molar-refractivity contribution in [2.45, 2.75) is 190 Å². The molecule has 10 aromatic heterocycles. The van der Waals surface area contributed by atoms with Gasteiger partial charge in [-0.25, -0.2) is 9.07 Å². The summed E-state index contributed by atoms with van der Waals surface area (Å²) in [5, 5.41) is 119. The number of halogens is 1. The number of alkyl halides is 1. The van der Waals surface area contributed by atoms with Gasteiger partial charge in [-0.05, 0) is 89.9 Å². The van der Waals surface area contributed by atoms with Gasteiger partial charge >= 0.3 is 0 Å². The minimum atomic E-state index is -1.88. The third-order valence-corrected chi connectivity index (χ3v) is 24.5. The highest BCUT2D eigenvalue weighted by atomic mass is 19.1. The van der Waals surface area contributed by atoms with Crippen molar-refractivity contribution in [3.05, 3.63) is 269 Å². The number of hydrogen-bond acceptors (Lipinski definition) is 34. The van der Waals surface area contributed by atoms with E-state index in [0.29, 0.717) is 70.7 Å². The number of nitrogens with one attached hydrogen (secondary N) is 5. The summed E-state index contributed by atoms with van der Waals surface area (Å²) in [5.74, 6) is 1.85. The van der Waals surface area contributed by atoms with Gasteiger partial charge < -0.3 is 92.4 Å². The zero-order valence-electron chi connectivity index (χ0n) is 73.1. The van der Waals surface area contributed by atoms with Gasteiger partial charge in [-0.2, -0.15) is 0 Å². The summed E-state index contributed by atoms with van der Waals surface area (Å²) >= 11 is 0. The lowest BCUT2D eigenvalue weighted by molar-refractivity contribution is -0.0843. The smallest absolute Gasteiger partial charge is 0.275 e. The molecule has 4 unspecified atom stereocenters. The fourth-order valence-corrected chi connectivity index (χ4v) is 16.4. The Kier molecular flexibility index (Phi) is 26.8. The molecule has 134 heavy (non-hydrogen) atoms. The standard InChI is InChI=1S/C20H22N4O4.C19H21N5O3.C19H18N4O4.C18H17FN4O4.C17H16N4O4/c1-11(25)18-22-23-19(27-18)13-9-16(20(13,2)3)21-17(26)14-10-15(28-24-14)12-7-5-4-6-8-12;25-12-15-11-24(23-21-15)16-8-6-14(7-9-16)20-19(26)17-10-18(27-22-17)13-4-2-1-3-5-13;1-9(24)18-21-22-19(26-18)15-11-7-12(15)16(11)20-17(25)13-8-14(27-23-13)10-5-3-2-4-6-10;1-10(24)16-21-22-17(26-16)12-8-18(19,9-12)20-15(25)13-7-14(27-23-13)11-5-3-2-4-6-11;1-9(22)16-19-20-17(24-16)11-7-12(11)18-15(23)13-8-14(25-21-13)10-5-3-2-4-6-10/h4-8,10-11,13,16,25H,9H2,1-3H3,(H,21,26);1-5,10-11,14,16,25H,6-9,12H2,(H,20,26);2-6,8-9,11-12,15-16,24H,7H2,1H3,(H,20,25);2-7,10,12,24H,8-9H2,1H3,(H,20,25);2-6,8-9,11-12,22H,7H2,1H3,(H,18,23)/t11-,13+,16-;;9-,11?,12?,15?,16?;10-,12?,18?;9-,11?,12?/m1.111/s1. The largest absolute Gasteiger partial charge is 0.422 e. The van der Waals surface area contributed by atoms with Crippen LogP contribution in [0.1, 0.15) is 259 Å². The van der Waals surface area contributed by atoms with E-state index in [-0.39, 0.29) is 166 Å². The average Bonchev–Trinajstić information content (AvgIpc) is 1.22. The molecule has 10 N–H and O–H groups in total. The van der Waals surface area contributed by atoms with E-state index in [1.165, 1.54) is 13.0 Å². The van der Waals surface area contributed by atoms with Crippen molar-refractivity contribution in [3.8, 4) is 56.6 Å². The average molecular weight is 1830 g/mol. The van der Waals surface area contributed by atoms with Gasteiger partial charge in [-0.1, -0.05) is 197 Å². The first-order chi connectivity index (χ1) is 64.7. The van der Waals surface area contributed by atoms with Gasteiger partial charge in [0.25, 0.3) is 29.5 Å². The summed E-state index contributed by atoms with van der Waals surface area (Å²) in [4.78, 5) is 62.1. The highest BCUT2D eigenvalue weighted by molar-refractivity contribution is 5.96. The molecule has 41 heteroatoms. The number of aromatic nitrogens is 16. The SMILES string of the molecule is C[C@@H](O)c1nnc(C2C3CC2C3NC(=O)c2cc(-c3ccccc3)on2)o1.C[C@@H](O)c1nnc(C2CC(F)(NC(=O)c3cc(-c4ccccc4)on3)C2)o1.C[C@@H](O)c1nnc(C2CC2NC(=O)c2cc(-c3ccccc3)on2)o1.C[C@@H](O)c1nnc([C@@H]2C[C@@H](NC(=O)c3cc(-c4ccccc4)on3)C2(C)C)o1.O=C(NC1CCC(n2cc(CO)nn2)CC1)c1cc(-c2ccccc2)on1. The number of carbonyl (C=O) groups excluding carboxylic acids is 5. The first-order valence-electron chi connectivity index (χ1n) is 43.7. The first kappa shape index (κ1) is 90.8. The van der Waals surface area contributed by atoms with Crippen LogP contribution in [-0.2, 0) is 6.61 Å². The molecule has 5 aromatic carbocycles. The molecular formula is C93H94FN21O19. The van der Waals surface area contributed by atoms with Crippen LogP contribution in [0.5, 0.6) is 0 Å². The van der Waals surface area contributed by atoms with Gasteiger partial charge in [-0.15, -0.1) is 45.9 Å². The van der Waals surface area contributed by atoms with Crippen LogP contribution in [0.15, 0.2) is 228 Å². The molecule has 692 valence electrons. The van der Waals surface area contributed by atoms with Crippen molar-refractivity contribution in [1.29, 1.82) is 0 Å². The second-order valence-electron chi connectivity index (χ2n) is 34.3. The minimum Gasteiger partial charge on any atom is -0.422 e. The maximum Gasteiger partial charge on any atom is 0.275 e. The van der Waals surface area contributed by atoms with Gasteiger partial charge in [0.15, 0.2) is 63.1 Å². The maximum absolute atomic E-state index is 14.7. The van der Waals surface area contributed by atoms with E-state index in [1.54, 1.807) is 51.2 Å². The Morgan fingerprint density at radius 1 is 0.433 bits per heavy atom. The monoisotopic (exact) mass is 1830 g/mol. The number of nitrogens with zero attached hydrogens (tertiary/aromatic N) is 16. The fourth-order valence-electron chi connectivity index (χ4n) is 16.4. The molecule has 40 nitrogen and oxygen atoms in total. The summed E-state index contributed by atoms with van der Waals surface area (Å²) in [6, 6.07) is 55.5. The Morgan fingerprint density at radius 3 is 1.19 bits per heavy atom. The summed E-state index contributed by atoms with van der Waals surface area (Å²) in [6.07, 6.45) is 4.43. The number of aliphatic hydroxyl groups excluding tert-OH is 5. The predicted octanol–water partition coefficient (Wildman–Crippen LogP) is 12.6. The van der Waals surface area contributed by atoms with E-state index in [9.17, 15) is 48.8 Å². The molecule has 7 aliphatic rings. The summed E-state index contributed by atoms with van der Waals surface area (Å²) in [5.41, 5.74) is 5.59. The Hall–Kier alpha value is -15.1. The van der Waals surface area contributed by atoms with Crippen LogP contribution in [0, 0.1) is 17.3 Å². The second-order valence-corrected chi connectivity index (χ2v) is 34.3. The summed E-state index contributed by atoms with van der Waals surface area (Å²) in [7, 11) is 0. The van der Waals surface area contributed by atoms with Crippen LogP contribution in [0.3, 0.4) is 0 Å². The van der Waals surface area contributed by atoms with E-state index in [0.717, 1.165) is 59.9 Å². The first-order valence-corrected chi connectivity index (χ1v) is 43.7. The van der Waals surface area contributed by atoms with Crippen molar-refractivity contribution < 1.29 is 94.2 Å². The molecule has 2 bridgehead atoms. The molecule has 0 spiro atoms. The number of hydrogen-bond donors (Lipinski definition) is 10. The van der Waals surface area contributed by atoms with Gasteiger partial charge in [0.1, 0.15) is 30.1 Å². The number of aliphatic hydroxyl groups is 5. The molecule has 7 aliphatic carbocycles. The molecule has 15 aromatic rings. The summed E-state index contributed by atoms with van der Waals surface area (Å²) < 4.78 is 64.6. The topological polar surface area (TPSA) is 563 Å². The van der Waals surface area contributed by atoms with Crippen molar-refractivity contribution in [2.24, 2.45) is 17.3 Å². The van der Waals surface area contributed by atoms with Crippen LogP contribution in [-0.4, -0.2) is 167 Å². The van der Waals surface area contributed by atoms with Crippen molar-refractivity contribution in [2.75, 3.05) is 0 Å². The van der Waals surface area contributed by atoms with Crippen LogP contribution in [0.2, 0.25) is 0 Å². The Labute approximate surface area is 761 Å². The van der Waals surface area contributed by atoms with Crippen LogP contribution < -0.4 is 26.6 Å². The Balaban J connectivity index is 0.000000117. The van der Waals surface area contributed by atoms with E-state index in [1.807, 2.05) is 170 Å². The predicted molar refractivity (Wildman–Crippen MR) is 464 cm³/mol. The molecule has 10 atom stereocenters.